The van der Waals surface area contributed by atoms with E-state index in [0.29, 0.717) is 28.8 Å². The second kappa shape index (κ2) is 7.20. The van der Waals surface area contributed by atoms with Gasteiger partial charge in [0, 0.05) is 24.8 Å². The zero-order chi connectivity index (χ0) is 17.1. The highest BCUT2D eigenvalue weighted by Gasteiger charge is 2.34. The lowest BCUT2D eigenvalue weighted by molar-refractivity contribution is -0.128. The summed E-state index contributed by atoms with van der Waals surface area (Å²) in [5.74, 6) is -0.643. The van der Waals surface area contributed by atoms with E-state index < -0.39 is 5.92 Å². The van der Waals surface area contributed by atoms with E-state index in [2.05, 4.69) is 10.3 Å². The first-order valence-electron chi connectivity index (χ1n) is 7.46. The summed E-state index contributed by atoms with van der Waals surface area (Å²) < 4.78 is 0. The number of anilines is 1. The molecule has 24 heavy (non-hydrogen) atoms. The number of pyridine rings is 1. The van der Waals surface area contributed by atoms with Crippen LogP contribution in [0.15, 0.2) is 42.6 Å². The van der Waals surface area contributed by atoms with Gasteiger partial charge in [-0.15, -0.1) is 0 Å². The van der Waals surface area contributed by atoms with E-state index >= 15 is 0 Å². The third-order valence-corrected chi connectivity index (χ3v) is 4.59. The average molecular weight is 364 g/mol. The molecule has 1 aliphatic heterocycles. The molecule has 0 saturated carbocycles. The molecule has 3 rings (SSSR count). The van der Waals surface area contributed by atoms with Crippen molar-refractivity contribution >= 4 is 40.7 Å². The first kappa shape index (κ1) is 16.7. The van der Waals surface area contributed by atoms with Gasteiger partial charge in [-0.25, -0.2) is 0 Å². The Bertz CT molecular complexity index is 768. The fraction of sp³-hybridized carbons (Fsp3) is 0.235. The Hall–Kier alpha value is -2.11. The Labute approximate surface area is 149 Å². The molecule has 1 fully saturated rings. The minimum atomic E-state index is -0.393. The fourth-order valence-corrected chi connectivity index (χ4v) is 2.90. The van der Waals surface area contributed by atoms with Gasteiger partial charge in [-0.1, -0.05) is 29.3 Å². The number of nitrogens with one attached hydrogen (secondary N) is 1. The zero-order valence-electron chi connectivity index (χ0n) is 12.7. The second-order valence-corrected chi connectivity index (χ2v) is 6.43. The summed E-state index contributed by atoms with van der Waals surface area (Å²) in [7, 11) is 0. The van der Waals surface area contributed by atoms with Crippen LogP contribution < -0.4 is 5.32 Å². The first-order chi connectivity index (χ1) is 11.5. The highest BCUT2D eigenvalue weighted by atomic mass is 35.5. The number of rotatable bonds is 4. The smallest absolute Gasteiger partial charge is 0.229 e. The monoisotopic (exact) mass is 363 g/mol. The molecule has 2 heterocycles. The summed E-state index contributed by atoms with van der Waals surface area (Å²) in [6, 6.07) is 10.4. The van der Waals surface area contributed by atoms with Gasteiger partial charge in [0.05, 0.1) is 28.2 Å². The first-order valence-corrected chi connectivity index (χ1v) is 8.22. The third kappa shape index (κ3) is 3.86. The quantitative estimate of drug-likeness (QED) is 0.905. The van der Waals surface area contributed by atoms with Crippen LogP contribution in [0.2, 0.25) is 10.0 Å². The van der Waals surface area contributed by atoms with Gasteiger partial charge in [0.15, 0.2) is 0 Å². The van der Waals surface area contributed by atoms with E-state index in [1.54, 1.807) is 29.3 Å². The SMILES string of the molecule is O=C(Nc1ccc(Cl)c(Cl)c1)[C@@H]1CC(=O)N(Cc2ccccn2)C1. The number of aromatic nitrogens is 1. The maximum absolute atomic E-state index is 12.4. The molecular formula is C17H15Cl2N3O2. The summed E-state index contributed by atoms with van der Waals surface area (Å²) in [6.07, 6.45) is 1.88. The van der Waals surface area contributed by atoms with Crippen LogP contribution in [0.5, 0.6) is 0 Å². The van der Waals surface area contributed by atoms with Gasteiger partial charge in [0.25, 0.3) is 0 Å². The second-order valence-electron chi connectivity index (χ2n) is 5.61. The van der Waals surface area contributed by atoms with Crippen LogP contribution in [0, 0.1) is 5.92 Å². The topological polar surface area (TPSA) is 62.3 Å². The highest BCUT2D eigenvalue weighted by Crippen LogP contribution is 2.26. The van der Waals surface area contributed by atoms with Crippen LogP contribution in [-0.4, -0.2) is 28.2 Å². The number of likely N-dealkylation sites (tertiary alicyclic amines) is 1. The highest BCUT2D eigenvalue weighted by molar-refractivity contribution is 6.42. The molecule has 0 spiro atoms. The van der Waals surface area contributed by atoms with Crippen LogP contribution in [0.1, 0.15) is 12.1 Å². The molecule has 7 heteroatoms. The number of benzene rings is 1. The Kier molecular flexibility index (Phi) is 5.02. The molecule has 2 amide bonds. The number of amides is 2. The van der Waals surface area contributed by atoms with Crippen molar-refractivity contribution in [1.82, 2.24) is 9.88 Å². The minimum Gasteiger partial charge on any atom is -0.336 e. The van der Waals surface area contributed by atoms with Crippen molar-refractivity contribution in [1.29, 1.82) is 0 Å². The largest absolute Gasteiger partial charge is 0.336 e. The average Bonchev–Trinajstić information content (AvgIpc) is 2.93. The van der Waals surface area contributed by atoms with Crippen LogP contribution >= 0.6 is 23.2 Å². The molecule has 1 aromatic heterocycles. The van der Waals surface area contributed by atoms with Crippen molar-refractivity contribution in [3.05, 3.63) is 58.3 Å². The Morgan fingerprint density at radius 3 is 2.79 bits per heavy atom. The predicted molar refractivity (Wildman–Crippen MR) is 92.9 cm³/mol. The van der Waals surface area contributed by atoms with Gasteiger partial charge in [0.2, 0.25) is 11.8 Å². The lowest BCUT2D eigenvalue weighted by Gasteiger charge is -2.16. The predicted octanol–water partition coefficient (Wildman–Crippen LogP) is 3.38. The van der Waals surface area contributed by atoms with Crippen LogP contribution in [0.25, 0.3) is 0 Å². The van der Waals surface area contributed by atoms with E-state index in [9.17, 15) is 9.59 Å². The number of carbonyl (C=O) groups excluding carboxylic acids is 2. The maximum atomic E-state index is 12.4. The number of halogens is 2. The van der Waals surface area contributed by atoms with Gasteiger partial charge in [-0.2, -0.15) is 0 Å². The summed E-state index contributed by atoms with van der Waals surface area (Å²) in [4.78, 5) is 30.4. The minimum absolute atomic E-state index is 0.0464. The van der Waals surface area contributed by atoms with Crippen LogP contribution in [-0.2, 0) is 16.1 Å². The van der Waals surface area contributed by atoms with Crippen molar-refractivity contribution in [3.63, 3.8) is 0 Å². The Morgan fingerprint density at radius 1 is 1.25 bits per heavy atom. The molecule has 5 nitrogen and oxygen atoms in total. The fourth-order valence-electron chi connectivity index (χ4n) is 2.61. The van der Waals surface area contributed by atoms with Gasteiger partial charge in [-0.05, 0) is 30.3 Å². The molecule has 0 bridgehead atoms. The molecule has 0 unspecified atom stereocenters. The van der Waals surface area contributed by atoms with Gasteiger partial charge < -0.3 is 10.2 Å². The Balaban J connectivity index is 1.62. The van der Waals surface area contributed by atoms with Crippen LogP contribution in [0.4, 0.5) is 5.69 Å². The molecule has 124 valence electrons. The molecule has 0 aliphatic carbocycles. The lowest BCUT2D eigenvalue weighted by atomic mass is 10.1. The molecule has 1 atom stereocenters. The van der Waals surface area contributed by atoms with Crippen molar-refractivity contribution in [3.8, 4) is 0 Å². The molecule has 1 aromatic carbocycles. The summed E-state index contributed by atoms with van der Waals surface area (Å²) in [6.45, 7) is 0.790. The molecule has 1 N–H and O–H groups in total. The van der Waals surface area contributed by atoms with E-state index in [1.165, 1.54) is 0 Å². The number of carbonyl (C=O) groups is 2. The molecule has 2 aromatic rings. The van der Waals surface area contributed by atoms with E-state index in [1.807, 2.05) is 18.2 Å². The zero-order valence-corrected chi connectivity index (χ0v) is 14.2. The number of nitrogens with zero attached hydrogens (tertiary/aromatic N) is 2. The van der Waals surface area contributed by atoms with Crippen molar-refractivity contribution in [2.45, 2.75) is 13.0 Å². The summed E-state index contributed by atoms with van der Waals surface area (Å²) in [5.41, 5.74) is 1.36. The number of hydrogen-bond donors (Lipinski definition) is 1. The maximum Gasteiger partial charge on any atom is 0.229 e. The molecule has 1 aliphatic rings. The van der Waals surface area contributed by atoms with E-state index in [0.717, 1.165) is 5.69 Å². The van der Waals surface area contributed by atoms with E-state index in [-0.39, 0.29) is 18.2 Å². The van der Waals surface area contributed by atoms with Crippen LogP contribution in [0.3, 0.4) is 0 Å². The van der Waals surface area contributed by atoms with Crippen molar-refractivity contribution in [2.75, 3.05) is 11.9 Å². The Morgan fingerprint density at radius 2 is 2.08 bits per heavy atom. The summed E-state index contributed by atoms with van der Waals surface area (Å²) >= 11 is 11.8. The van der Waals surface area contributed by atoms with E-state index in [4.69, 9.17) is 23.2 Å². The van der Waals surface area contributed by atoms with Gasteiger partial charge in [0.1, 0.15) is 0 Å². The molecular weight excluding hydrogens is 349 g/mol. The lowest BCUT2D eigenvalue weighted by Crippen LogP contribution is -2.28. The summed E-state index contributed by atoms with van der Waals surface area (Å²) in [5, 5.41) is 3.57. The third-order valence-electron chi connectivity index (χ3n) is 3.85. The molecule has 0 radical (unpaired) electrons. The normalized spacial score (nSPS) is 17.2. The molecule has 1 saturated heterocycles. The van der Waals surface area contributed by atoms with Gasteiger partial charge >= 0.3 is 0 Å². The standard InChI is InChI=1S/C17H15Cl2N3O2/c18-14-5-4-12(8-15(14)19)21-17(24)11-7-16(23)22(9-11)10-13-3-1-2-6-20-13/h1-6,8,11H,7,9-10H2,(H,21,24)/t11-/m1/s1. The van der Waals surface area contributed by atoms with Gasteiger partial charge in [-0.3, -0.25) is 14.6 Å². The number of hydrogen-bond acceptors (Lipinski definition) is 3. The van der Waals surface area contributed by atoms with Crippen molar-refractivity contribution in [2.24, 2.45) is 5.92 Å². The van der Waals surface area contributed by atoms with Crippen molar-refractivity contribution < 1.29 is 9.59 Å².